The van der Waals surface area contributed by atoms with Crippen molar-refractivity contribution in [3.8, 4) is 6.57 Å². The fourth-order valence-electron chi connectivity index (χ4n) is 0.462. The van der Waals surface area contributed by atoms with E-state index < -0.39 is 5.97 Å². The zero-order valence-corrected chi connectivity index (χ0v) is 7.27. The van der Waals surface area contributed by atoms with E-state index in [-0.39, 0.29) is 12.2 Å². The van der Waals surface area contributed by atoms with Gasteiger partial charge in [-0.1, -0.05) is 0 Å². The van der Waals surface area contributed by atoms with Crippen LogP contribution in [0, 0.1) is 11.8 Å². The average molecular weight is 184 g/mol. The number of carboxylic acid groups (broad SMARTS) is 1. The third-order valence-electron chi connectivity index (χ3n) is 0.891. The van der Waals surface area contributed by atoms with Crippen molar-refractivity contribution in [2.75, 3.05) is 13.7 Å². The number of carbonyl (C=O) groups is 1. The van der Waals surface area contributed by atoms with Gasteiger partial charge in [0.25, 0.3) is 0 Å². The van der Waals surface area contributed by atoms with Gasteiger partial charge in [-0.2, -0.15) is 0 Å². The van der Waals surface area contributed by atoms with Crippen molar-refractivity contribution >= 4 is 12.2 Å². The van der Waals surface area contributed by atoms with E-state index in [4.69, 9.17) is 16.1 Å². The summed E-state index contributed by atoms with van der Waals surface area (Å²) in [6.45, 7) is 3.70. The number of carboxylic acids is 1. The molecule has 13 heavy (non-hydrogen) atoms. The number of nitrogens with one attached hydrogen (secondary N) is 1. The molecule has 4 N–H and O–H groups in total. The first-order valence-corrected chi connectivity index (χ1v) is 3.27. The molecule has 0 aliphatic carbocycles. The summed E-state index contributed by atoms with van der Waals surface area (Å²) >= 11 is 0. The third kappa shape index (κ3) is 8.03. The molecule has 0 atom stereocenters. The molecule has 0 rings (SSSR count). The minimum absolute atomic E-state index is 0.0814. The zero-order chi connectivity index (χ0) is 10.7. The van der Waals surface area contributed by atoms with E-state index in [0.717, 1.165) is 0 Å². The maximum Gasteiger partial charge on any atom is 0.338 e. The van der Waals surface area contributed by atoms with Crippen LogP contribution in [0.25, 0.3) is 0 Å². The zero-order valence-electron chi connectivity index (χ0n) is 7.27. The molecule has 0 saturated carbocycles. The summed E-state index contributed by atoms with van der Waals surface area (Å²) in [5.41, 5.74) is 5.16. The fraction of sp³-hybridized carbons (Fsp3) is 0.286. The quantitative estimate of drug-likeness (QED) is 0.304. The Balaban J connectivity index is 0. The summed E-state index contributed by atoms with van der Waals surface area (Å²) in [4.78, 5) is 13.9. The summed E-state index contributed by atoms with van der Waals surface area (Å²) in [5.74, 6) is -1.03. The van der Waals surface area contributed by atoms with Crippen molar-refractivity contribution in [3.05, 3.63) is 11.8 Å². The van der Waals surface area contributed by atoms with Crippen molar-refractivity contribution in [1.82, 2.24) is 5.32 Å². The highest BCUT2D eigenvalue weighted by Crippen LogP contribution is 1.86. The van der Waals surface area contributed by atoms with E-state index >= 15 is 0 Å². The van der Waals surface area contributed by atoms with Crippen molar-refractivity contribution in [1.29, 1.82) is 5.26 Å². The van der Waals surface area contributed by atoms with E-state index in [0.29, 0.717) is 0 Å². The minimum Gasteiger partial charge on any atom is -0.478 e. The van der Waals surface area contributed by atoms with E-state index in [1.54, 1.807) is 0 Å². The van der Waals surface area contributed by atoms with Crippen LogP contribution in [0.4, 0.5) is 0 Å². The molecule has 0 aliphatic heterocycles. The molecular weight excluding hydrogens is 172 g/mol. The number of hydrogen-bond acceptors (Lipinski definition) is 5. The number of nitrogens with zero attached hydrogens (tertiary/aromatic N) is 2. The standard InChI is InChI=1S/C6H11N3O2.CHN/c1-8-2-5(6(10)11)3-9-4-7;1-2/h2-3,9H,4,7H2,1H3,(H,10,11);1H/b5-3+,8-2?;. The monoisotopic (exact) mass is 184 g/mol. The number of rotatable bonds is 4. The van der Waals surface area contributed by atoms with Crippen LogP contribution in [0.15, 0.2) is 16.8 Å². The van der Waals surface area contributed by atoms with Gasteiger partial charge >= 0.3 is 5.97 Å². The molecule has 0 aliphatic rings. The summed E-state index contributed by atoms with van der Waals surface area (Å²) in [6, 6.07) is 0. The Morgan fingerprint density at radius 2 is 2.31 bits per heavy atom. The lowest BCUT2D eigenvalue weighted by molar-refractivity contribution is -0.132. The van der Waals surface area contributed by atoms with Crippen LogP contribution in [-0.4, -0.2) is 31.0 Å². The Hall–Kier alpha value is -1.87. The van der Waals surface area contributed by atoms with Crippen LogP contribution in [-0.2, 0) is 4.79 Å². The van der Waals surface area contributed by atoms with E-state index in [1.165, 1.54) is 19.5 Å². The van der Waals surface area contributed by atoms with Gasteiger partial charge in [-0.05, 0) is 0 Å². The first kappa shape index (κ1) is 13.7. The highest BCUT2D eigenvalue weighted by molar-refractivity contribution is 6.08. The van der Waals surface area contributed by atoms with Crippen LogP contribution in [0.3, 0.4) is 0 Å². The van der Waals surface area contributed by atoms with Gasteiger partial charge < -0.3 is 16.2 Å². The predicted octanol–water partition coefficient (Wildman–Crippen LogP) is -0.699. The molecule has 0 amide bonds. The van der Waals surface area contributed by atoms with Crippen molar-refractivity contribution in [2.45, 2.75) is 0 Å². The summed E-state index contributed by atoms with van der Waals surface area (Å²) < 4.78 is 0. The second kappa shape index (κ2) is 10.1. The van der Waals surface area contributed by atoms with Gasteiger partial charge in [0.2, 0.25) is 0 Å². The number of aliphatic carboxylic acids is 1. The second-order valence-corrected chi connectivity index (χ2v) is 1.70. The molecule has 72 valence electrons. The molecule has 0 aromatic carbocycles. The van der Waals surface area contributed by atoms with Crippen LogP contribution in [0.1, 0.15) is 0 Å². The van der Waals surface area contributed by atoms with Gasteiger partial charge in [-0.25, -0.2) is 10.1 Å². The lowest BCUT2D eigenvalue weighted by atomic mass is 10.3. The number of nitriles is 1. The van der Waals surface area contributed by atoms with E-state index in [1.807, 2.05) is 0 Å². The van der Waals surface area contributed by atoms with Gasteiger partial charge in [0, 0.05) is 26.0 Å². The lowest BCUT2D eigenvalue weighted by Gasteiger charge is -1.95. The van der Waals surface area contributed by atoms with Gasteiger partial charge in [-0.15, -0.1) is 0 Å². The van der Waals surface area contributed by atoms with Crippen molar-refractivity contribution in [3.63, 3.8) is 0 Å². The van der Waals surface area contributed by atoms with Crippen LogP contribution < -0.4 is 11.1 Å². The smallest absolute Gasteiger partial charge is 0.338 e. The highest BCUT2D eigenvalue weighted by Gasteiger charge is 2.01. The van der Waals surface area contributed by atoms with Gasteiger partial charge in [0.05, 0.1) is 12.2 Å². The van der Waals surface area contributed by atoms with Crippen molar-refractivity contribution < 1.29 is 9.90 Å². The Labute approximate surface area is 76.4 Å². The van der Waals surface area contributed by atoms with Gasteiger partial charge in [0.1, 0.15) is 0 Å². The topological polar surface area (TPSA) is 112 Å². The second-order valence-electron chi connectivity index (χ2n) is 1.70. The molecule has 0 heterocycles. The molecule has 0 unspecified atom stereocenters. The molecule has 0 fully saturated rings. The Morgan fingerprint density at radius 1 is 1.77 bits per heavy atom. The molecular formula is C7H12N4O2. The Bertz CT molecular complexity index is 220. The van der Waals surface area contributed by atoms with Crippen LogP contribution >= 0.6 is 0 Å². The average Bonchev–Trinajstić information content (AvgIpc) is 2.15. The third-order valence-corrected chi connectivity index (χ3v) is 0.891. The minimum atomic E-state index is -1.03. The SMILES string of the molecule is C#N.CN=C/C(=C\NCN)C(=O)O. The molecule has 6 nitrogen and oxygen atoms in total. The van der Waals surface area contributed by atoms with Gasteiger partial charge in [-0.3, -0.25) is 4.99 Å². The Morgan fingerprint density at radius 3 is 2.62 bits per heavy atom. The molecule has 0 bridgehead atoms. The lowest BCUT2D eigenvalue weighted by Crippen LogP contribution is -2.18. The molecule has 0 spiro atoms. The molecule has 0 aromatic rings. The summed E-state index contributed by atoms with van der Waals surface area (Å²) in [6.07, 6.45) is 2.54. The Kier molecular flexibility index (Phi) is 10.7. The largest absolute Gasteiger partial charge is 0.478 e. The van der Waals surface area contributed by atoms with Crippen LogP contribution in [0.5, 0.6) is 0 Å². The molecule has 6 heteroatoms. The summed E-state index contributed by atoms with van der Waals surface area (Å²) in [7, 11) is 1.50. The molecule has 0 radical (unpaired) electrons. The van der Waals surface area contributed by atoms with E-state index in [9.17, 15) is 4.79 Å². The molecule has 0 saturated heterocycles. The maximum absolute atomic E-state index is 10.4. The number of aliphatic imine (C=N–C) groups is 1. The predicted molar refractivity (Wildman–Crippen MR) is 49.0 cm³/mol. The number of hydrogen-bond donors (Lipinski definition) is 3. The normalized spacial score (nSPS) is 10.3. The number of nitrogens with two attached hydrogens (primary N) is 1. The fourth-order valence-corrected chi connectivity index (χ4v) is 0.462. The first-order chi connectivity index (χ1) is 6.22. The maximum atomic E-state index is 10.4. The summed E-state index contributed by atoms with van der Waals surface area (Å²) in [5, 5.41) is 17.5. The van der Waals surface area contributed by atoms with Gasteiger partial charge in [0.15, 0.2) is 0 Å². The van der Waals surface area contributed by atoms with Crippen LogP contribution in [0.2, 0.25) is 0 Å². The first-order valence-electron chi connectivity index (χ1n) is 3.27. The molecule has 0 aromatic heterocycles. The highest BCUT2D eigenvalue weighted by atomic mass is 16.4. The van der Waals surface area contributed by atoms with E-state index in [2.05, 4.69) is 16.9 Å². The van der Waals surface area contributed by atoms with Crippen molar-refractivity contribution in [2.24, 2.45) is 10.7 Å².